The molecule has 5 heteroatoms. The molecule has 64 valence electrons. The Hall–Kier alpha value is -1.26. The van der Waals surface area contributed by atoms with Crippen LogP contribution in [-0.4, -0.2) is 35.8 Å². The van der Waals surface area contributed by atoms with E-state index < -0.39 is 6.09 Å². The van der Waals surface area contributed by atoms with Crippen LogP contribution in [0.5, 0.6) is 0 Å². The van der Waals surface area contributed by atoms with Crippen LogP contribution in [0, 0.1) is 0 Å². The van der Waals surface area contributed by atoms with Gasteiger partial charge in [-0.15, -0.1) is 5.10 Å². The van der Waals surface area contributed by atoms with E-state index in [9.17, 15) is 4.79 Å². The number of hydrogen-bond acceptors (Lipinski definition) is 3. The molecule has 0 atom stereocenters. The first kappa shape index (κ1) is 9.74. The number of ether oxygens (including phenoxy) is 1. The van der Waals surface area contributed by atoms with Crippen molar-refractivity contribution in [2.45, 2.75) is 13.8 Å². The molecule has 0 bridgehead atoms. The van der Waals surface area contributed by atoms with Crippen molar-refractivity contribution in [2.75, 3.05) is 13.7 Å². The van der Waals surface area contributed by atoms with Gasteiger partial charge in [-0.2, -0.15) is 5.01 Å². The summed E-state index contributed by atoms with van der Waals surface area (Å²) in [5.74, 6) is 0.345. The molecule has 0 fully saturated rings. The molecule has 0 aliphatic rings. The summed E-state index contributed by atoms with van der Waals surface area (Å²) in [6, 6.07) is 0. The third-order valence-corrected chi connectivity index (χ3v) is 0.921. The smallest absolute Gasteiger partial charge is 0.427 e. The molecule has 1 amide bonds. The van der Waals surface area contributed by atoms with Crippen LogP contribution in [-0.2, 0) is 4.74 Å². The monoisotopic (exact) mass is 160 g/mol. The third-order valence-electron chi connectivity index (χ3n) is 0.921. The van der Waals surface area contributed by atoms with Gasteiger partial charge >= 0.3 is 6.09 Å². The fourth-order valence-corrected chi connectivity index (χ4v) is 0.492. The SMILES string of the molecule is CCO/C(C)=N\N(C)C(=O)O. The number of hydrogen-bond donors (Lipinski definition) is 1. The van der Waals surface area contributed by atoms with Crippen molar-refractivity contribution in [1.29, 1.82) is 0 Å². The zero-order valence-corrected chi connectivity index (χ0v) is 6.87. The minimum atomic E-state index is -1.11. The lowest BCUT2D eigenvalue weighted by Crippen LogP contribution is -2.20. The number of carbonyl (C=O) groups is 1. The van der Waals surface area contributed by atoms with Gasteiger partial charge in [0.15, 0.2) is 0 Å². The summed E-state index contributed by atoms with van der Waals surface area (Å²) < 4.78 is 4.91. The molecule has 0 radical (unpaired) electrons. The minimum Gasteiger partial charge on any atom is -0.480 e. The van der Waals surface area contributed by atoms with Crippen molar-refractivity contribution in [3.05, 3.63) is 0 Å². The van der Waals surface area contributed by atoms with Crippen molar-refractivity contribution in [3.63, 3.8) is 0 Å². The van der Waals surface area contributed by atoms with E-state index in [2.05, 4.69) is 5.10 Å². The first-order valence-electron chi connectivity index (χ1n) is 3.22. The molecule has 0 aromatic carbocycles. The molecule has 11 heavy (non-hydrogen) atoms. The molecule has 0 heterocycles. The predicted octanol–water partition coefficient (Wildman–Crippen LogP) is 0.966. The summed E-state index contributed by atoms with van der Waals surface area (Å²) in [4.78, 5) is 10.2. The van der Waals surface area contributed by atoms with Crippen LogP contribution in [0.15, 0.2) is 5.10 Å². The molecule has 0 aliphatic heterocycles. The molecule has 0 aromatic heterocycles. The van der Waals surface area contributed by atoms with E-state index in [1.165, 1.54) is 7.05 Å². The summed E-state index contributed by atoms with van der Waals surface area (Å²) in [6.45, 7) is 3.89. The number of hydrazone groups is 1. The van der Waals surface area contributed by atoms with Crippen LogP contribution in [0.4, 0.5) is 4.79 Å². The average molecular weight is 160 g/mol. The van der Waals surface area contributed by atoms with Crippen molar-refractivity contribution in [1.82, 2.24) is 5.01 Å². The molecule has 0 rings (SSSR count). The Bertz CT molecular complexity index is 167. The Morgan fingerprint density at radius 1 is 1.73 bits per heavy atom. The van der Waals surface area contributed by atoms with Crippen LogP contribution in [0.3, 0.4) is 0 Å². The highest BCUT2D eigenvalue weighted by molar-refractivity contribution is 5.75. The summed E-state index contributed by atoms with van der Waals surface area (Å²) >= 11 is 0. The third kappa shape index (κ3) is 4.19. The van der Waals surface area contributed by atoms with Crippen LogP contribution >= 0.6 is 0 Å². The van der Waals surface area contributed by atoms with Gasteiger partial charge in [-0.1, -0.05) is 0 Å². The zero-order chi connectivity index (χ0) is 8.85. The Kier molecular flexibility index (Phi) is 4.02. The van der Waals surface area contributed by atoms with Gasteiger partial charge in [-0.05, 0) is 6.92 Å². The molecule has 0 spiro atoms. The second-order valence-corrected chi connectivity index (χ2v) is 1.86. The second-order valence-electron chi connectivity index (χ2n) is 1.86. The van der Waals surface area contributed by atoms with E-state index in [4.69, 9.17) is 9.84 Å². The van der Waals surface area contributed by atoms with Crippen LogP contribution in [0.2, 0.25) is 0 Å². The van der Waals surface area contributed by atoms with Crippen LogP contribution < -0.4 is 0 Å². The summed E-state index contributed by atoms with van der Waals surface area (Å²) in [6.07, 6.45) is -1.11. The Morgan fingerprint density at radius 2 is 2.27 bits per heavy atom. The highest BCUT2D eigenvalue weighted by atomic mass is 16.5. The molecule has 0 aromatic rings. The van der Waals surface area contributed by atoms with Gasteiger partial charge in [-0.25, -0.2) is 4.79 Å². The topological polar surface area (TPSA) is 62.1 Å². The average Bonchev–Trinajstić information content (AvgIpc) is 1.87. The maximum atomic E-state index is 10.2. The molecular weight excluding hydrogens is 148 g/mol. The minimum absolute atomic E-state index is 0.345. The molecule has 0 aliphatic carbocycles. The van der Waals surface area contributed by atoms with E-state index in [1.807, 2.05) is 0 Å². The lowest BCUT2D eigenvalue weighted by Gasteiger charge is -2.07. The summed E-state index contributed by atoms with van der Waals surface area (Å²) in [5, 5.41) is 12.8. The van der Waals surface area contributed by atoms with Crippen molar-refractivity contribution < 1.29 is 14.6 Å². The van der Waals surface area contributed by atoms with E-state index in [0.717, 1.165) is 5.01 Å². The first-order chi connectivity index (χ1) is 5.07. The fourth-order valence-electron chi connectivity index (χ4n) is 0.492. The normalized spacial score (nSPS) is 11.0. The maximum Gasteiger partial charge on any atom is 0.427 e. The van der Waals surface area contributed by atoms with E-state index in [-0.39, 0.29) is 0 Å². The van der Waals surface area contributed by atoms with Crippen molar-refractivity contribution >= 4 is 12.0 Å². The Labute approximate surface area is 65.3 Å². The Morgan fingerprint density at radius 3 is 2.64 bits per heavy atom. The largest absolute Gasteiger partial charge is 0.480 e. The van der Waals surface area contributed by atoms with E-state index in [0.29, 0.717) is 12.5 Å². The first-order valence-corrected chi connectivity index (χ1v) is 3.22. The van der Waals surface area contributed by atoms with Gasteiger partial charge in [0.25, 0.3) is 0 Å². The molecule has 0 unspecified atom stereocenters. The number of nitrogens with zero attached hydrogens (tertiary/aromatic N) is 2. The zero-order valence-electron chi connectivity index (χ0n) is 6.87. The maximum absolute atomic E-state index is 10.2. The lowest BCUT2D eigenvalue weighted by atomic mass is 10.7. The predicted molar refractivity (Wildman–Crippen MR) is 40.5 cm³/mol. The number of carboxylic acid groups (broad SMARTS) is 1. The molecule has 0 saturated carbocycles. The molecule has 5 nitrogen and oxygen atoms in total. The van der Waals surface area contributed by atoms with Crippen molar-refractivity contribution in [2.24, 2.45) is 5.10 Å². The fraction of sp³-hybridized carbons (Fsp3) is 0.667. The van der Waals surface area contributed by atoms with Crippen LogP contribution in [0.25, 0.3) is 0 Å². The van der Waals surface area contributed by atoms with Gasteiger partial charge in [0.05, 0.1) is 6.61 Å². The number of amides is 1. The van der Waals surface area contributed by atoms with Crippen molar-refractivity contribution in [3.8, 4) is 0 Å². The molecular formula is C6H12N2O3. The second kappa shape index (κ2) is 4.54. The van der Waals surface area contributed by atoms with Gasteiger partial charge in [0, 0.05) is 14.0 Å². The standard InChI is InChI=1S/C6H12N2O3/c1-4-11-5(2)7-8(3)6(9)10/h4H2,1-3H3,(H,9,10)/b7-5-. The van der Waals surface area contributed by atoms with E-state index in [1.54, 1.807) is 13.8 Å². The van der Waals surface area contributed by atoms with Gasteiger partial charge in [0.2, 0.25) is 5.90 Å². The van der Waals surface area contributed by atoms with Gasteiger partial charge < -0.3 is 9.84 Å². The number of rotatable bonds is 2. The highest BCUT2D eigenvalue weighted by Crippen LogP contribution is 1.88. The molecule has 1 N–H and O–H groups in total. The van der Waals surface area contributed by atoms with E-state index >= 15 is 0 Å². The summed E-state index contributed by atoms with van der Waals surface area (Å²) in [5.41, 5.74) is 0. The van der Waals surface area contributed by atoms with Gasteiger partial charge in [0.1, 0.15) is 0 Å². The lowest BCUT2D eigenvalue weighted by molar-refractivity contribution is 0.155. The quantitative estimate of drug-likeness (QED) is 0.372. The van der Waals surface area contributed by atoms with Gasteiger partial charge in [-0.3, -0.25) is 0 Å². The highest BCUT2D eigenvalue weighted by Gasteiger charge is 2.02. The Balaban J connectivity index is 3.96. The summed E-state index contributed by atoms with van der Waals surface area (Å²) in [7, 11) is 1.34. The molecule has 0 saturated heterocycles. The van der Waals surface area contributed by atoms with Crippen LogP contribution in [0.1, 0.15) is 13.8 Å².